The first kappa shape index (κ1) is 12.2. The lowest BCUT2D eigenvalue weighted by molar-refractivity contribution is -0.129. The van der Waals surface area contributed by atoms with Crippen molar-refractivity contribution in [3.63, 3.8) is 0 Å². The topological polar surface area (TPSA) is 71.2 Å². The molecule has 1 aromatic heterocycles. The first-order chi connectivity index (χ1) is 8.06. The average Bonchev–Trinajstić information content (AvgIpc) is 2.97. The van der Waals surface area contributed by atoms with Gasteiger partial charge in [-0.05, 0) is 41.8 Å². The Morgan fingerprint density at radius 1 is 1.59 bits per heavy atom. The van der Waals surface area contributed by atoms with Crippen LogP contribution in [0.15, 0.2) is 16.7 Å². The van der Waals surface area contributed by atoms with Crippen LogP contribution < -0.4 is 5.32 Å². The second-order valence-electron chi connectivity index (χ2n) is 4.06. The minimum absolute atomic E-state index is 0.244. The molecular formula is C11H13BrN2O3. The van der Waals surface area contributed by atoms with E-state index in [0.29, 0.717) is 5.69 Å². The molecule has 17 heavy (non-hydrogen) atoms. The molecule has 1 aliphatic carbocycles. The van der Waals surface area contributed by atoms with Crippen LogP contribution in [-0.2, 0) is 9.53 Å². The zero-order chi connectivity index (χ0) is 12.4. The molecule has 92 valence electrons. The third-order valence-electron chi connectivity index (χ3n) is 2.44. The monoisotopic (exact) mass is 300 g/mol. The maximum Gasteiger partial charge on any atom is 0.355 e. The maximum absolute atomic E-state index is 11.6. The number of ether oxygens (including phenoxy) is 1. The van der Waals surface area contributed by atoms with Gasteiger partial charge in [-0.3, -0.25) is 4.79 Å². The van der Waals surface area contributed by atoms with E-state index in [1.165, 1.54) is 0 Å². The van der Waals surface area contributed by atoms with Gasteiger partial charge in [-0.15, -0.1) is 0 Å². The lowest BCUT2D eigenvalue weighted by Gasteiger charge is -2.12. The number of carbonyl (C=O) groups excluding carboxylic acids is 2. The van der Waals surface area contributed by atoms with Crippen molar-refractivity contribution in [1.29, 1.82) is 0 Å². The maximum atomic E-state index is 11.6. The van der Waals surface area contributed by atoms with Gasteiger partial charge in [-0.25, -0.2) is 4.79 Å². The Morgan fingerprint density at radius 3 is 2.82 bits per heavy atom. The number of aromatic nitrogens is 1. The van der Waals surface area contributed by atoms with Crippen LogP contribution in [0.5, 0.6) is 0 Å². The van der Waals surface area contributed by atoms with Crippen LogP contribution in [0.4, 0.5) is 0 Å². The lowest BCUT2D eigenvalue weighted by atomic mass is 10.3. The van der Waals surface area contributed by atoms with Gasteiger partial charge in [0.2, 0.25) is 0 Å². The SMILES string of the molecule is CC(OC(=O)c1cc(Br)c[nH]1)C(=O)NC1CC1. The first-order valence-electron chi connectivity index (χ1n) is 5.41. The predicted molar refractivity (Wildman–Crippen MR) is 64.5 cm³/mol. The second-order valence-corrected chi connectivity index (χ2v) is 4.98. The molecule has 1 heterocycles. The summed E-state index contributed by atoms with van der Waals surface area (Å²) in [5.41, 5.74) is 0.322. The number of hydrogen-bond acceptors (Lipinski definition) is 3. The van der Waals surface area contributed by atoms with E-state index in [2.05, 4.69) is 26.2 Å². The second kappa shape index (κ2) is 4.91. The van der Waals surface area contributed by atoms with Crippen molar-refractivity contribution in [2.75, 3.05) is 0 Å². The number of hydrogen-bond donors (Lipinski definition) is 2. The Morgan fingerprint density at radius 2 is 2.29 bits per heavy atom. The van der Waals surface area contributed by atoms with Gasteiger partial charge in [-0.2, -0.15) is 0 Å². The van der Waals surface area contributed by atoms with Crippen molar-refractivity contribution >= 4 is 27.8 Å². The molecule has 2 rings (SSSR count). The van der Waals surface area contributed by atoms with Gasteiger partial charge < -0.3 is 15.0 Å². The van der Waals surface area contributed by atoms with E-state index < -0.39 is 12.1 Å². The zero-order valence-electron chi connectivity index (χ0n) is 9.33. The molecule has 1 saturated carbocycles. The molecule has 1 fully saturated rings. The van der Waals surface area contributed by atoms with Crippen LogP contribution in [0, 0.1) is 0 Å². The van der Waals surface area contributed by atoms with E-state index in [-0.39, 0.29) is 11.9 Å². The molecule has 1 atom stereocenters. The summed E-state index contributed by atoms with van der Waals surface area (Å²) in [6.07, 6.45) is 2.88. The summed E-state index contributed by atoms with van der Waals surface area (Å²) in [4.78, 5) is 25.9. The van der Waals surface area contributed by atoms with Crippen molar-refractivity contribution in [1.82, 2.24) is 10.3 Å². The Labute approximate surface area is 107 Å². The van der Waals surface area contributed by atoms with Gasteiger partial charge in [-0.1, -0.05) is 0 Å². The smallest absolute Gasteiger partial charge is 0.355 e. The third-order valence-corrected chi connectivity index (χ3v) is 2.90. The molecule has 0 aromatic carbocycles. The molecule has 0 radical (unpaired) electrons. The highest BCUT2D eigenvalue weighted by atomic mass is 79.9. The summed E-state index contributed by atoms with van der Waals surface area (Å²) in [5.74, 6) is -0.777. The number of H-pyrrole nitrogens is 1. The Hall–Kier alpha value is -1.30. The van der Waals surface area contributed by atoms with Crippen molar-refractivity contribution < 1.29 is 14.3 Å². The predicted octanol–water partition coefficient (Wildman–Crippen LogP) is 1.60. The Kier molecular flexibility index (Phi) is 3.51. The Bertz CT molecular complexity index is 440. The molecule has 2 N–H and O–H groups in total. The van der Waals surface area contributed by atoms with Crippen molar-refractivity contribution in [3.05, 3.63) is 22.4 Å². The number of aromatic amines is 1. The molecule has 0 aliphatic heterocycles. The van der Waals surface area contributed by atoms with E-state index >= 15 is 0 Å². The van der Waals surface area contributed by atoms with Gasteiger partial charge >= 0.3 is 5.97 Å². The fourth-order valence-electron chi connectivity index (χ4n) is 1.31. The van der Waals surface area contributed by atoms with Crippen LogP contribution in [0.3, 0.4) is 0 Å². The molecule has 6 heteroatoms. The summed E-state index contributed by atoms with van der Waals surface area (Å²) in [7, 11) is 0. The van der Waals surface area contributed by atoms with E-state index in [0.717, 1.165) is 17.3 Å². The number of rotatable bonds is 4. The summed E-state index contributed by atoms with van der Waals surface area (Å²) >= 11 is 3.22. The highest BCUT2D eigenvalue weighted by Crippen LogP contribution is 2.19. The van der Waals surface area contributed by atoms with Crippen LogP contribution >= 0.6 is 15.9 Å². The van der Waals surface area contributed by atoms with E-state index in [4.69, 9.17) is 4.74 Å². The summed E-state index contributed by atoms with van der Waals surface area (Å²) in [6, 6.07) is 1.87. The first-order valence-corrected chi connectivity index (χ1v) is 6.21. The van der Waals surface area contributed by atoms with Gasteiger partial charge in [0, 0.05) is 16.7 Å². The number of carbonyl (C=O) groups is 2. The molecule has 0 spiro atoms. The number of halogens is 1. The molecule has 1 amide bonds. The summed E-state index contributed by atoms with van der Waals surface area (Å²) in [5, 5.41) is 2.78. The van der Waals surface area contributed by atoms with E-state index in [1.807, 2.05) is 0 Å². The normalized spacial score (nSPS) is 16.4. The fraction of sp³-hybridized carbons (Fsp3) is 0.455. The number of nitrogens with one attached hydrogen (secondary N) is 2. The van der Waals surface area contributed by atoms with E-state index in [1.54, 1.807) is 19.2 Å². The molecule has 0 saturated heterocycles. The molecule has 5 nitrogen and oxygen atoms in total. The van der Waals surface area contributed by atoms with Gasteiger partial charge in [0.15, 0.2) is 6.10 Å². The Balaban J connectivity index is 1.86. The molecule has 0 bridgehead atoms. The van der Waals surface area contributed by atoms with Crippen molar-refractivity contribution in [3.8, 4) is 0 Å². The average molecular weight is 301 g/mol. The highest BCUT2D eigenvalue weighted by molar-refractivity contribution is 9.10. The minimum Gasteiger partial charge on any atom is -0.448 e. The fourth-order valence-corrected chi connectivity index (χ4v) is 1.65. The van der Waals surface area contributed by atoms with Crippen LogP contribution in [0.1, 0.15) is 30.3 Å². The lowest BCUT2D eigenvalue weighted by Crippen LogP contribution is -2.37. The molecule has 1 aromatic rings. The van der Waals surface area contributed by atoms with E-state index in [9.17, 15) is 9.59 Å². The van der Waals surface area contributed by atoms with Gasteiger partial charge in [0.1, 0.15) is 5.69 Å². The molecular weight excluding hydrogens is 288 g/mol. The van der Waals surface area contributed by atoms with Crippen LogP contribution in [-0.4, -0.2) is 29.0 Å². The van der Waals surface area contributed by atoms with Crippen molar-refractivity contribution in [2.24, 2.45) is 0 Å². The van der Waals surface area contributed by atoms with Gasteiger partial charge in [0.05, 0.1) is 0 Å². The molecule has 1 unspecified atom stereocenters. The zero-order valence-corrected chi connectivity index (χ0v) is 10.9. The van der Waals surface area contributed by atoms with Crippen LogP contribution in [0.25, 0.3) is 0 Å². The molecule has 1 aliphatic rings. The van der Waals surface area contributed by atoms with Crippen LogP contribution in [0.2, 0.25) is 0 Å². The minimum atomic E-state index is -0.773. The van der Waals surface area contributed by atoms with Crippen molar-refractivity contribution in [2.45, 2.75) is 31.9 Å². The quantitative estimate of drug-likeness (QED) is 0.830. The number of esters is 1. The largest absolute Gasteiger partial charge is 0.448 e. The summed E-state index contributed by atoms with van der Waals surface area (Å²) < 4.78 is 5.80. The standard InChI is InChI=1S/C11H13BrN2O3/c1-6(10(15)14-8-2-3-8)17-11(16)9-4-7(12)5-13-9/h4-6,8,13H,2-3H2,1H3,(H,14,15). The van der Waals surface area contributed by atoms with Gasteiger partial charge in [0.25, 0.3) is 5.91 Å². The third kappa shape index (κ3) is 3.33. The highest BCUT2D eigenvalue weighted by Gasteiger charge is 2.27. The number of amides is 1. The summed E-state index contributed by atoms with van der Waals surface area (Å²) in [6.45, 7) is 1.56.